The fraction of sp³-hybridized carbons (Fsp3) is 0.333. The van der Waals surface area contributed by atoms with Crippen molar-refractivity contribution in [3.8, 4) is 0 Å². The number of benzene rings is 1. The summed E-state index contributed by atoms with van der Waals surface area (Å²) in [7, 11) is 0. The van der Waals surface area contributed by atoms with Crippen LogP contribution in [0.5, 0.6) is 0 Å². The fourth-order valence-electron chi connectivity index (χ4n) is 3.32. The number of hydrogen-bond acceptors (Lipinski definition) is 2. The van der Waals surface area contributed by atoms with E-state index >= 15 is 0 Å². The third kappa shape index (κ3) is 2.54. The summed E-state index contributed by atoms with van der Waals surface area (Å²) in [5.41, 5.74) is 0.519. The zero-order chi connectivity index (χ0) is 15.1. The van der Waals surface area contributed by atoms with Crippen molar-refractivity contribution in [1.82, 2.24) is 0 Å². The van der Waals surface area contributed by atoms with Crippen molar-refractivity contribution in [2.45, 2.75) is 6.42 Å². The van der Waals surface area contributed by atoms with Gasteiger partial charge in [-0.3, -0.25) is 9.59 Å². The number of carbonyl (C=O) groups is 2. The molecule has 4 atom stereocenters. The minimum atomic E-state index is -0.916. The molecule has 2 bridgehead atoms. The predicted octanol–water partition coefficient (Wildman–Crippen LogP) is 3.45. The van der Waals surface area contributed by atoms with Crippen LogP contribution in [0.2, 0.25) is 10.0 Å². The van der Waals surface area contributed by atoms with Gasteiger partial charge >= 0.3 is 5.97 Å². The first kappa shape index (κ1) is 14.4. The first-order valence-electron chi connectivity index (χ1n) is 6.64. The van der Waals surface area contributed by atoms with Crippen LogP contribution in [0.4, 0.5) is 5.69 Å². The lowest BCUT2D eigenvalue weighted by molar-refractivity contribution is -0.146. The second kappa shape index (κ2) is 5.35. The summed E-state index contributed by atoms with van der Waals surface area (Å²) < 4.78 is 0. The largest absolute Gasteiger partial charge is 0.481 e. The molecule has 1 saturated carbocycles. The first-order chi connectivity index (χ1) is 9.97. The summed E-state index contributed by atoms with van der Waals surface area (Å²) in [5, 5.41) is 12.8. The van der Waals surface area contributed by atoms with Gasteiger partial charge in [0.25, 0.3) is 0 Å². The van der Waals surface area contributed by atoms with E-state index < -0.39 is 17.8 Å². The summed E-state index contributed by atoms with van der Waals surface area (Å²) >= 11 is 11.7. The summed E-state index contributed by atoms with van der Waals surface area (Å²) in [6.07, 6.45) is 4.59. The minimum Gasteiger partial charge on any atom is -0.481 e. The van der Waals surface area contributed by atoms with E-state index in [4.69, 9.17) is 23.2 Å². The number of rotatable bonds is 3. The van der Waals surface area contributed by atoms with Crippen molar-refractivity contribution in [2.75, 3.05) is 5.32 Å². The lowest BCUT2D eigenvalue weighted by Gasteiger charge is -2.23. The lowest BCUT2D eigenvalue weighted by atomic mass is 9.82. The number of hydrogen-bond donors (Lipinski definition) is 2. The van der Waals surface area contributed by atoms with Crippen molar-refractivity contribution in [1.29, 1.82) is 0 Å². The Balaban J connectivity index is 1.80. The molecule has 3 rings (SSSR count). The molecule has 0 spiro atoms. The summed E-state index contributed by atoms with van der Waals surface area (Å²) in [6, 6.07) is 4.79. The van der Waals surface area contributed by atoms with Crippen molar-refractivity contribution in [3.63, 3.8) is 0 Å². The molecule has 0 unspecified atom stereocenters. The molecule has 1 aromatic rings. The number of halogens is 2. The van der Waals surface area contributed by atoms with Crippen LogP contribution in [0.3, 0.4) is 0 Å². The zero-order valence-electron chi connectivity index (χ0n) is 10.9. The van der Waals surface area contributed by atoms with Crippen LogP contribution in [0, 0.1) is 23.7 Å². The summed E-state index contributed by atoms with van der Waals surface area (Å²) in [6.45, 7) is 0. The van der Waals surface area contributed by atoms with Gasteiger partial charge in [-0.2, -0.15) is 0 Å². The third-order valence-corrected chi connectivity index (χ3v) is 4.97. The second-order valence-electron chi connectivity index (χ2n) is 5.46. The Morgan fingerprint density at radius 1 is 1.10 bits per heavy atom. The second-order valence-corrected chi connectivity index (χ2v) is 6.27. The monoisotopic (exact) mass is 325 g/mol. The SMILES string of the molecule is O=C(O)[C@@H]1[C@H](C(=O)Nc2ccc(Cl)c(Cl)c2)[C@@H]2C=C[C@H]1C2. The molecular weight excluding hydrogens is 313 g/mol. The van der Waals surface area contributed by atoms with E-state index in [-0.39, 0.29) is 17.7 Å². The summed E-state index contributed by atoms with van der Waals surface area (Å²) in [4.78, 5) is 23.8. The molecule has 2 N–H and O–H groups in total. The van der Waals surface area contributed by atoms with Gasteiger partial charge in [0.05, 0.1) is 21.9 Å². The highest BCUT2D eigenvalue weighted by Crippen LogP contribution is 2.48. The van der Waals surface area contributed by atoms with Crippen molar-refractivity contribution < 1.29 is 14.7 Å². The zero-order valence-corrected chi connectivity index (χ0v) is 12.4. The number of anilines is 1. The number of allylic oxidation sites excluding steroid dienone is 2. The Hall–Kier alpha value is -1.52. The molecule has 0 aliphatic heterocycles. The number of nitrogens with one attached hydrogen (secondary N) is 1. The number of carboxylic acids is 1. The number of carboxylic acid groups (broad SMARTS) is 1. The highest BCUT2D eigenvalue weighted by atomic mass is 35.5. The quantitative estimate of drug-likeness (QED) is 0.836. The Bertz CT molecular complexity index is 644. The van der Waals surface area contributed by atoms with Gasteiger partial charge < -0.3 is 10.4 Å². The van der Waals surface area contributed by atoms with Gasteiger partial charge in [0.15, 0.2) is 0 Å². The minimum absolute atomic E-state index is 0.00104. The van der Waals surface area contributed by atoms with Gasteiger partial charge in [0, 0.05) is 5.69 Å². The summed E-state index contributed by atoms with van der Waals surface area (Å²) in [5.74, 6) is -2.43. The number of amides is 1. The maximum absolute atomic E-state index is 12.4. The highest BCUT2D eigenvalue weighted by Gasteiger charge is 2.51. The van der Waals surface area contributed by atoms with Gasteiger partial charge in [-0.25, -0.2) is 0 Å². The van der Waals surface area contributed by atoms with E-state index in [9.17, 15) is 14.7 Å². The molecule has 4 nitrogen and oxygen atoms in total. The maximum Gasteiger partial charge on any atom is 0.307 e. The van der Waals surface area contributed by atoms with Crippen LogP contribution in [0.15, 0.2) is 30.4 Å². The smallest absolute Gasteiger partial charge is 0.307 e. The standard InChI is InChI=1S/C15H13Cl2NO3/c16-10-4-3-9(6-11(10)17)18-14(19)12-7-1-2-8(5-7)13(12)15(20)21/h1-4,6-8,12-13H,5H2,(H,18,19)(H,20,21)/t7-,8+,12-,13+/m1/s1. The van der Waals surface area contributed by atoms with E-state index in [0.29, 0.717) is 15.7 Å². The Morgan fingerprint density at radius 3 is 2.38 bits per heavy atom. The van der Waals surface area contributed by atoms with Crippen LogP contribution in [0.25, 0.3) is 0 Å². The Morgan fingerprint density at radius 2 is 1.76 bits per heavy atom. The Kier molecular flexibility index (Phi) is 3.68. The third-order valence-electron chi connectivity index (χ3n) is 4.23. The molecule has 1 fully saturated rings. The molecule has 21 heavy (non-hydrogen) atoms. The van der Waals surface area contributed by atoms with Gasteiger partial charge in [0.2, 0.25) is 5.91 Å². The molecule has 0 radical (unpaired) electrons. The van der Waals surface area contributed by atoms with E-state index in [1.165, 1.54) is 0 Å². The highest BCUT2D eigenvalue weighted by molar-refractivity contribution is 6.42. The van der Waals surface area contributed by atoms with Crippen molar-refractivity contribution >= 4 is 40.8 Å². The normalized spacial score (nSPS) is 29.6. The molecular formula is C15H13Cl2NO3. The van der Waals surface area contributed by atoms with Gasteiger partial charge in [0.1, 0.15) is 0 Å². The number of fused-ring (bicyclic) bond motifs is 2. The molecule has 6 heteroatoms. The Labute approximate surface area is 131 Å². The van der Waals surface area contributed by atoms with Crippen LogP contribution in [-0.2, 0) is 9.59 Å². The van der Waals surface area contributed by atoms with Crippen molar-refractivity contribution in [2.24, 2.45) is 23.7 Å². The van der Waals surface area contributed by atoms with E-state index in [0.717, 1.165) is 6.42 Å². The van der Waals surface area contributed by atoms with Crippen molar-refractivity contribution in [3.05, 3.63) is 40.4 Å². The van der Waals surface area contributed by atoms with Gasteiger partial charge in [-0.1, -0.05) is 35.4 Å². The molecule has 2 aliphatic rings. The molecule has 110 valence electrons. The van der Waals surface area contributed by atoms with Crippen LogP contribution in [0.1, 0.15) is 6.42 Å². The predicted molar refractivity (Wildman–Crippen MR) is 80.4 cm³/mol. The number of aliphatic carboxylic acids is 1. The molecule has 0 saturated heterocycles. The van der Waals surface area contributed by atoms with Gasteiger partial charge in [-0.05, 0) is 36.5 Å². The van der Waals surface area contributed by atoms with Gasteiger partial charge in [-0.15, -0.1) is 0 Å². The number of carbonyl (C=O) groups excluding carboxylic acids is 1. The topological polar surface area (TPSA) is 66.4 Å². The van der Waals surface area contributed by atoms with Crippen LogP contribution >= 0.6 is 23.2 Å². The molecule has 1 aromatic carbocycles. The van der Waals surface area contributed by atoms with Crippen LogP contribution in [-0.4, -0.2) is 17.0 Å². The van der Waals surface area contributed by atoms with E-state index in [1.54, 1.807) is 18.2 Å². The maximum atomic E-state index is 12.4. The molecule has 0 heterocycles. The van der Waals surface area contributed by atoms with Crippen LogP contribution < -0.4 is 5.32 Å². The lowest BCUT2D eigenvalue weighted by Crippen LogP contribution is -2.36. The molecule has 1 amide bonds. The first-order valence-corrected chi connectivity index (χ1v) is 7.40. The average molecular weight is 326 g/mol. The van der Waals surface area contributed by atoms with E-state index in [1.807, 2.05) is 12.2 Å². The molecule has 0 aromatic heterocycles. The fourth-order valence-corrected chi connectivity index (χ4v) is 3.61. The van der Waals surface area contributed by atoms with E-state index in [2.05, 4.69) is 5.32 Å². The average Bonchev–Trinajstić information content (AvgIpc) is 3.03. The molecule has 2 aliphatic carbocycles.